The Balaban J connectivity index is 1.73. The first-order valence-electron chi connectivity index (χ1n) is 5.26. The van der Waals surface area contributed by atoms with Crippen LogP contribution in [0.5, 0.6) is 0 Å². The fourth-order valence-corrected chi connectivity index (χ4v) is 2.34. The average Bonchev–Trinajstić information content (AvgIpc) is 2.58. The molecule has 78 valence electrons. The van der Waals surface area contributed by atoms with Crippen LogP contribution in [0.3, 0.4) is 0 Å². The van der Waals surface area contributed by atoms with E-state index in [4.69, 9.17) is 0 Å². The minimum absolute atomic E-state index is 0.687. The maximum absolute atomic E-state index is 4.07. The van der Waals surface area contributed by atoms with Gasteiger partial charge in [0.05, 0.1) is 5.51 Å². The summed E-state index contributed by atoms with van der Waals surface area (Å²) in [5, 5.41) is 7.02. The van der Waals surface area contributed by atoms with Gasteiger partial charge in [0.1, 0.15) is 0 Å². The van der Waals surface area contributed by atoms with Gasteiger partial charge in [-0.05, 0) is 32.4 Å². The van der Waals surface area contributed by atoms with Gasteiger partial charge in [-0.15, -0.1) is 11.3 Å². The summed E-state index contributed by atoms with van der Waals surface area (Å²) in [7, 11) is 0. The number of aromatic nitrogens is 1. The predicted molar refractivity (Wildman–Crippen MR) is 59.5 cm³/mol. The molecule has 0 aliphatic carbocycles. The lowest BCUT2D eigenvalue weighted by atomic mass is 10.1. The number of nitrogens with one attached hydrogen (secondary N) is 2. The fraction of sp³-hybridized carbons (Fsp3) is 0.700. The molecule has 1 aromatic rings. The van der Waals surface area contributed by atoms with Gasteiger partial charge in [-0.2, -0.15) is 0 Å². The van der Waals surface area contributed by atoms with Crippen molar-refractivity contribution in [2.24, 2.45) is 0 Å². The molecule has 1 unspecified atom stereocenters. The van der Waals surface area contributed by atoms with Crippen LogP contribution in [0.25, 0.3) is 0 Å². The maximum Gasteiger partial charge on any atom is 0.0794 e. The molecule has 2 heterocycles. The third kappa shape index (κ3) is 3.04. The van der Waals surface area contributed by atoms with Crippen LogP contribution in [0.15, 0.2) is 11.7 Å². The second-order valence-corrected chi connectivity index (χ2v) is 4.70. The monoisotopic (exact) mass is 211 g/mol. The molecular formula is C10H17N3S. The Bertz CT molecular complexity index is 240. The van der Waals surface area contributed by atoms with E-state index in [0.29, 0.717) is 6.04 Å². The lowest BCUT2D eigenvalue weighted by Gasteiger charge is -2.14. The van der Waals surface area contributed by atoms with E-state index in [1.807, 2.05) is 11.7 Å². The lowest BCUT2D eigenvalue weighted by molar-refractivity contribution is 0.470. The van der Waals surface area contributed by atoms with Crippen LogP contribution in [0.1, 0.15) is 24.1 Å². The van der Waals surface area contributed by atoms with Gasteiger partial charge in [-0.3, -0.25) is 4.98 Å². The van der Waals surface area contributed by atoms with E-state index in [-0.39, 0.29) is 0 Å². The Labute approximate surface area is 88.9 Å². The van der Waals surface area contributed by atoms with Crippen LogP contribution in [0.4, 0.5) is 0 Å². The minimum Gasteiger partial charge on any atom is -0.317 e. The van der Waals surface area contributed by atoms with Gasteiger partial charge in [0.15, 0.2) is 0 Å². The highest BCUT2D eigenvalue weighted by molar-refractivity contribution is 7.09. The molecule has 14 heavy (non-hydrogen) atoms. The normalized spacial score (nSPS) is 23.3. The van der Waals surface area contributed by atoms with Crippen LogP contribution in [-0.2, 0) is 6.54 Å². The third-order valence-electron chi connectivity index (χ3n) is 2.62. The summed E-state index contributed by atoms with van der Waals surface area (Å²) < 4.78 is 0. The summed E-state index contributed by atoms with van der Waals surface area (Å²) in [6, 6.07) is 0.687. The molecule has 1 atom stereocenters. The van der Waals surface area contributed by atoms with E-state index in [2.05, 4.69) is 15.6 Å². The van der Waals surface area contributed by atoms with Crippen molar-refractivity contribution in [3.63, 3.8) is 0 Å². The van der Waals surface area contributed by atoms with Gasteiger partial charge in [-0.25, -0.2) is 0 Å². The van der Waals surface area contributed by atoms with Gasteiger partial charge >= 0.3 is 0 Å². The van der Waals surface area contributed by atoms with Crippen molar-refractivity contribution in [1.29, 1.82) is 0 Å². The molecule has 0 aromatic carbocycles. The van der Waals surface area contributed by atoms with Crippen molar-refractivity contribution in [3.8, 4) is 0 Å². The van der Waals surface area contributed by atoms with E-state index in [1.165, 1.54) is 30.7 Å². The van der Waals surface area contributed by atoms with E-state index in [9.17, 15) is 0 Å². The zero-order chi connectivity index (χ0) is 9.64. The molecule has 0 radical (unpaired) electrons. The van der Waals surface area contributed by atoms with Crippen molar-refractivity contribution in [3.05, 3.63) is 16.6 Å². The number of hydrogen-bond acceptors (Lipinski definition) is 4. The summed E-state index contributed by atoms with van der Waals surface area (Å²) in [6.45, 7) is 3.31. The summed E-state index contributed by atoms with van der Waals surface area (Å²) in [5.74, 6) is 0. The summed E-state index contributed by atoms with van der Waals surface area (Å²) >= 11 is 1.73. The molecule has 0 amide bonds. The second kappa shape index (κ2) is 5.44. The Morgan fingerprint density at radius 2 is 2.50 bits per heavy atom. The molecule has 1 fully saturated rings. The number of hydrogen-bond donors (Lipinski definition) is 2. The van der Waals surface area contributed by atoms with Crippen LogP contribution in [0, 0.1) is 0 Å². The van der Waals surface area contributed by atoms with Gasteiger partial charge in [-0.1, -0.05) is 0 Å². The Kier molecular flexibility index (Phi) is 3.91. The topological polar surface area (TPSA) is 37.0 Å². The molecular weight excluding hydrogens is 194 g/mol. The molecule has 0 saturated carbocycles. The van der Waals surface area contributed by atoms with Crippen LogP contribution in [-0.4, -0.2) is 24.1 Å². The minimum atomic E-state index is 0.687. The highest BCUT2D eigenvalue weighted by Crippen LogP contribution is 2.09. The number of nitrogens with zero attached hydrogens (tertiary/aromatic N) is 1. The number of thiazole rings is 1. The summed E-state index contributed by atoms with van der Waals surface area (Å²) in [6.07, 6.45) is 5.79. The molecule has 1 saturated heterocycles. The smallest absolute Gasteiger partial charge is 0.0794 e. The first kappa shape index (κ1) is 10.1. The molecule has 2 N–H and O–H groups in total. The van der Waals surface area contributed by atoms with Crippen molar-refractivity contribution >= 4 is 11.3 Å². The van der Waals surface area contributed by atoms with Gasteiger partial charge in [0.25, 0.3) is 0 Å². The fourth-order valence-electron chi connectivity index (χ4n) is 1.80. The second-order valence-electron chi connectivity index (χ2n) is 3.73. The highest BCUT2D eigenvalue weighted by Gasteiger charge is 2.10. The third-order valence-corrected chi connectivity index (χ3v) is 3.40. The van der Waals surface area contributed by atoms with E-state index in [0.717, 1.165) is 13.1 Å². The zero-order valence-corrected chi connectivity index (χ0v) is 9.15. The predicted octanol–water partition coefficient (Wildman–Crippen LogP) is 1.37. The molecule has 2 rings (SSSR count). The molecule has 1 aromatic heterocycles. The van der Waals surface area contributed by atoms with Crippen molar-refractivity contribution < 1.29 is 0 Å². The van der Waals surface area contributed by atoms with Crippen LogP contribution < -0.4 is 10.6 Å². The van der Waals surface area contributed by atoms with Crippen molar-refractivity contribution in [2.45, 2.75) is 31.8 Å². The standard InChI is InChI=1S/C10H17N3S/c1-2-9(3-5-11-4-1)13-7-10-6-12-8-14-10/h6,8-9,11,13H,1-5,7H2. The Morgan fingerprint density at radius 1 is 1.50 bits per heavy atom. The first-order valence-corrected chi connectivity index (χ1v) is 6.14. The quantitative estimate of drug-likeness (QED) is 0.793. The molecule has 0 spiro atoms. The molecule has 1 aliphatic heterocycles. The highest BCUT2D eigenvalue weighted by atomic mass is 32.1. The summed E-state index contributed by atoms with van der Waals surface area (Å²) in [5.41, 5.74) is 1.89. The van der Waals surface area contributed by atoms with Crippen molar-refractivity contribution in [1.82, 2.24) is 15.6 Å². The molecule has 0 bridgehead atoms. The molecule has 1 aliphatic rings. The van der Waals surface area contributed by atoms with Gasteiger partial charge in [0.2, 0.25) is 0 Å². The van der Waals surface area contributed by atoms with Crippen molar-refractivity contribution in [2.75, 3.05) is 13.1 Å². The Morgan fingerprint density at radius 3 is 3.36 bits per heavy atom. The molecule has 3 nitrogen and oxygen atoms in total. The largest absolute Gasteiger partial charge is 0.317 e. The van der Waals surface area contributed by atoms with Crippen LogP contribution in [0.2, 0.25) is 0 Å². The SMILES string of the molecule is c1ncc(CNC2CCCNCC2)s1. The average molecular weight is 211 g/mol. The molecule has 4 heteroatoms. The van der Waals surface area contributed by atoms with E-state index >= 15 is 0 Å². The lowest BCUT2D eigenvalue weighted by Crippen LogP contribution is -2.29. The Hall–Kier alpha value is -0.450. The zero-order valence-electron chi connectivity index (χ0n) is 8.33. The summed E-state index contributed by atoms with van der Waals surface area (Å²) in [4.78, 5) is 5.41. The van der Waals surface area contributed by atoms with Gasteiger partial charge < -0.3 is 10.6 Å². The van der Waals surface area contributed by atoms with E-state index in [1.54, 1.807) is 11.3 Å². The number of rotatable bonds is 3. The van der Waals surface area contributed by atoms with E-state index < -0.39 is 0 Å². The first-order chi connectivity index (χ1) is 6.95. The maximum atomic E-state index is 4.07. The van der Waals surface area contributed by atoms with Gasteiger partial charge in [0, 0.05) is 23.7 Å². The van der Waals surface area contributed by atoms with Crippen LogP contribution >= 0.6 is 11.3 Å².